The minimum atomic E-state index is -0.353. The minimum absolute atomic E-state index is 0.353. The number of piperidine rings is 1. The fraction of sp³-hybridized carbons (Fsp3) is 0.684. The van der Waals surface area contributed by atoms with Gasteiger partial charge in [-0.15, -0.1) is 0 Å². The van der Waals surface area contributed by atoms with Gasteiger partial charge in [0.15, 0.2) is 0 Å². The third-order valence-corrected chi connectivity index (χ3v) is 4.91. The number of likely N-dealkylation sites (tertiary alicyclic amines) is 1. The van der Waals surface area contributed by atoms with Crippen LogP contribution in [0, 0.1) is 26.7 Å². The van der Waals surface area contributed by atoms with Crippen LogP contribution in [0.3, 0.4) is 0 Å². The second-order valence-corrected chi connectivity index (χ2v) is 6.86. The topological polar surface area (TPSA) is 23.5 Å². The molecule has 2 heteroatoms. The summed E-state index contributed by atoms with van der Waals surface area (Å²) in [5.41, 5.74) is 4.86. The van der Waals surface area contributed by atoms with Crippen molar-refractivity contribution in [1.29, 1.82) is 0 Å². The van der Waals surface area contributed by atoms with Crippen molar-refractivity contribution in [2.24, 2.45) is 5.92 Å². The average molecular weight is 289 g/mol. The van der Waals surface area contributed by atoms with Gasteiger partial charge in [-0.3, -0.25) is 0 Å². The maximum Gasteiger partial charge on any atom is 0.0922 e. The van der Waals surface area contributed by atoms with Gasteiger partial charge in [0.25, 0.3) is 0 Å². The van der Waals surface area contributed by atoms with Crippen molar-refractivity contribution in [1.82, 2.24) is 4.90 Å². The lowest BCUT2D eigenvalue weighted by Crippen LogP contribution is -2.36. The predicted molar refractivity (Wildman–Crippen MR) is 89.7 cm³/mol. The highest BCUT2D eigenvalue weighted by molar-refractivity contribution is 5.39. The second kappa shape index (κ2) is 7.42. The van der Waals surface area contributed by atoms with E-state index < -0.39 is 0 Å². The molecule has 0 spiro atoms. The van der Waals surface area contributed by atoms with E-state index in [1.807, 2.05) is 0 Å². The van der Waals surface area contributed by atoms with Gasteiger partial charge >= 0.3 is 0 Å². The van der Waals surface area contributed by atoms with Gasteiger partial charge in [0.05, 0.1) is 6.10 Å². The van der Waals surface area contributed by atoms with Gasteiger partial charge in [-0.1, -0.05) is 37.5 Å². The summed E-state index contributed by atoms with van der Waals surface area (Å²) in [7, 11) is 0. The second-order valence-electron chi connectivity index (χ2n) is 6.86. The van der Waals surface area contributed by atoms with Crippen LogP contribution in [0.1, 0.15) is 61.0 Å². The molecule has 2 nitrogen and oxygen atoms in total. The maximum atomic E-state index is 10.7. The largest absolute Gasteiger partial charge is 0.387 e. The van der Waals surface area contributed by atoms with E-state index in [0.717, 1.165) is 31.1 Å². The Morgan fingerprint density at radius 3 is 2.24 bits per heavy atom. The van der Waals surface area contributed by atoms with Crippen molar-refractivity contribution >= 4 is 0 Å². The molecule has 0 aliphatic carbocycles. The molecule has 0 aromatic heterocycles. The summed E-state index contributed by atoms with van der Waals surface area (Å²) in [5, 5.41) is 10.7. The van der Waals surface area contributed by atoms with Gasteiger partial charge in [-0.2, -0.15) is 0 Å². The van der Waals surface area contributed by atoms with Crippen molar-refractivity contribution < 1.29 is 5.11 Å². The Morgan fingerprint density at radius 1 is 1.14 bits per heavy atom. The zero-order valence-electron chi connectivity index (χ0n) is 14.2. The molecule has 118 valence electrons. The van der Waals surface area contributed by atoms with Gasteiger partial charge in [-0.25, -0.2) is 0 Å². The molecule has 1 heterocycles. The van der Waals surface area contributed by atoms with Crippen LogP contribution < -0.4 is 0 Å². The Bertz CT molecular complexity index is 438. The Balaban J connectivity index is 1.95. The summed E-state index contributed by atoms with van der Waals surface area (Å²) in [6, 6.07) is 4.36. The molecular formula is C19H31NO. The van der Waals surface area contributed by atoms with Crippen molar-refractivity contribution in [3.8, 4) is 0 Å². The molecule has 1 aliphatic rings. The maximum absolute atomic E-state index is 10.7. The first-order valence-electron chi connectivity index (χ1n) is 8.49. The van der Waals surface area contributed by atoms with E-state index in [2.05, 4.69) is 44.7 Å². The van der Waals surface area contributed by atoms with Crippen molar-refractivity contribution in [2.75, 3.05) is 19.6 Å². The van der Waals surface area contributed by atoms with E-state index in [9.17, 15) is 5.11 Å². The third-order valence-electron chi connectivity index (χ3n) is 4.91. The number of aryl methyl sites for hydroxylation is 3. The molecule has 0 bridgehead atoms. The molecular weight excluding hydrogens is 258 g/mol. The molecule has 2 rings (SSSR count). The van der Waals surface area contributed by atoms with E-state index in [0.29, 0.717) is 0 Å². The summed E-state index contributed by atoms with van der Waals surface area (Å²) in [4.78, 5) is 2.44. The van der Waals surface area contributed by atoms with E-state index in [4.69, 9.17) is 0 Å². The first-order chi connectivity index (χ1) is 10.0. The van der Waals surface area contributed by atoms with Gasteiger partial charge in [0.2, 0.25) is 0 Å². The molecule has 1 aromatic rings. The Hall–Kier alpha value is -0.860. The standard InChI is InChI=1S/C19H31NO/c1-5-6-17-7-9-20(10-8-17)13-18(21)19-15(3)11-14(2)12-16(19)4/h11-12,17-18,21H,5-10,13H2,1-4H3. The number of hydrogen-bond acceptors (Lipinski definition) is 2. The molecule has 1 unspecified atom stereocenters. The van der Waals surface area contributed by atoms with E-state index >= 15 is 0 Å². The van der Waals surface area contributed by atoms with Crippen LogP contribution in [-0.4, -0.2) is 29.6 Å². The normalized spacial score (nSPS) is 18.9. The van der Waals surface area contributed by atoms with Crippen molar-refractivity contribution in [3.63, 3.8) is 0 Å². The summed E-state index contributed by atoms with van der Waals surface area (Å²) in [5.74, 6) is 0.909. The van der Waals surface area contributed by atoms with E-state index in [-0.39, 0.29) is 6.10 Å². The SMILES string of the molecule is CCCC1CCN(CC(O)c2c(C)cc(C)cc2C)CC1. The molecule has 1 N–H and O–H groups in total. The van der Waals surface area contributed by atoms with Crippen LogP contribution in [0.15, 0.2) is 12.1 Å². The lowest BCUT2D eigenvalue weighted by atomic mass is 9.91. The number of aliphatic hydroxyl groups is 1. The Kier molecular flexibility index (Phi) is 5.83. The summed E-state index contributed by atoms with van der Waals surface area (Å²) < 4.78 is 0. The fourth-order valence-electron chi connectivity index (χ4n) is 3.92. The highest BCUT2D eigenvalue weighted by Gasteiger charge is 2.22. The minimum Gasteiger partial charge on any atom is -0.387 e. The van der Waals surface area contributed by atoms with Crippen molar-refractivity contribution in [3.05, 3.63) is 34.4 Å². The zero-order valence-corrected chi connectivity index (χ0v) is 14.2. The monoisotopic (exact) mass is 289 g/mol. The molecule has 0 saturated carbocycles. The molecule has 1 saturated heterocycles. The van der Waals surface area contributed by atoms with Gasteiger partial charge < -0.3 is 10.0 Å². The lowest BCUT2D eigenvalue weighted by molar-refractivity contribution is 0.0872. The molecule has 1 fully saturated rings. The van der Waals surface area contributed by atoms with Crippen LogP contribution in [-0.2, 0) is 0 Å². The highest BCUT2D eigenvalue weighted by atomic mass is 16.3. The summed E-state index contributed by atoms with van der Waals surface area (Å²) in [6.45, 7) is 11.7. The number of nitrogens with zero attached hydrogens (tertiary/aromatic N) is 1. The van der Waals surface area contributed by atoms with Gasteiger partial charge in [-0.05, 0) is 69.3 Å². The number of benzene rings is 1. The number of rotatable bonds is 5. The first-order valence-corrected chi connectivity index (χ1v) is 8.49. The highest BCUT2D eigenvalue weighted by Crippen LogP contribution is 2.27. The van der Waals surface area contributed by atoms with Crippen LogP contribution in [0.5, 0.6) is 0 Å². The third kappa shape index (κ3) is 4.31. The molecule has 1 aromatic carbocycles. The number of hydrogen-bond donors (Lipinski definition) is 1. The molecule has 1 atom stereocenters. The van der Waals surface area contributed by atoms with E-state index in [1.54, 1.807) is 0 Å². The number of β-amino-alcohol motifs (C(OH)–C–C–N with tert-alkyl or cyclic N) is 1. The quantitative estimate of drug-likeness (QED) is 0.880. The fourth-order valence-corrected chi connectivity index (χ4v) is 3.92. The number of aliphatic hydroxyl groups excluding tert-OH is 1. The molecule has 1 aliphatic heterocycles. The predicted octanol–water partition coefficient (Wildman–Crippen LogP) is 4.16. The van der Waals surface area contributed by atoms with Crippen LogP contribution in [0.25, 0.3) is 0 Å². The van der Waals surface area contributed by atoms with E-state index in [1.165, 1.54) is 42.4 Å². The average Bonchev–Trinajstić information content (AvgIpc) is 2.40. The molecule has 0 radical (unpaired) electrons. The Morgan fingerprint density at radius 2 is 1.71 bits per heavy atom. The lowest BCUT2D eigenvalue weighted by Gasteiger charge is -2.33. The zero-order chi connectivity index (χ0) is 15.4. The Labute approximate surface area is 130 Å². The van der Waals surface area contributed by atoms with Crippen LogP contribution in [0.4, 0.5) is 0 Å². The van der Waals surface area contributed by atoms with Crippen molar-refractivity contribution in [2.45, 2.75) is 59.5 Å². The smallest absolute Gasteiger partial charge is 0.0922 e. The first kappa shape index (κ1) is 16.5. The molecule has 0 amide bonds. The van der Waals surface area contributed by atoms with Crippen LogP contribution in [0.2, 0.25) is 0 Å². The summed E-state index contributed by atoms with van der Waals surface area (Å²) >= 11 is 0. The van der Waals surface area contributed by atoms with Gasteiger partial charge in [0, 0.05) is 6.54 Å². The van der Waals surface area contributed by atoms with Gasteiger partial charge in [0.1, 0.15) is 0 Å². The van der Waals surface area contributed by atoms with Crippen LogP contribution >= 0.6 is 0 Å². The molecule has 21 heavy (non-hydrogen) atoms. The summed E-state index contributed by atoms with van der Waals surface area (Å²) in [6.07, 6.45) is 4.91.